The van der Waals surface area contributed by atoms with Gasteiger partial charge in [0, 0.05) is 29.4 Å². The van der Waals surface area contributed by atoms with Crippen molar-refractivity contribution in [3.63, 3.8) is 0 Å². The van der Waals surface area contributed by atoms with Crippen molar-refractivity contribution >= 4 is 11.3 Å². The highest BCUT2D eigenvalue weighted by Gasteiger charge is 2.24. The van der Waals surface area contributed by atoms with Gasteiger partial charge in [0.2, 0.25) is 0 Å². The first-order valence-electron chi connectivity index (χ1n) is 6.19. The van der Waals surface area contributed by atoms with Gasteiger partial charge in [-0.25, -0.2) is 0 Å². The molecule has 0 saturated heterocycles. The Morgan fingerprint density at radius 1 is 1.56 bits per heavy atom. The summed E-state index contributed by atoms with van der Waals surface area (Å²) in [6, 6.07) is 4.67. The average molecular weight is 264 g/mol. The highest BCUT2D eigenvalue weighted by molar-refractivity contribution is 7.09. The molecule has 0 fully saturated rings. The van der Waals surface area contributed by atoms with Crippen molar-refractivity contribution < 1.29 is 9.63 Å². The zero-order chi connectivity index (χ0) is 12.4. The molecule has 0 saturated carbocycles. The molecular formula is C13H16N2O2S. The minimum atomic E-state index is -0.0313. The van der Waals surface area contributed by atoms with Gasteiger partial charge in [0.05, 0.1) is 6.61 Å². The minimum absolute atomic E-state index is 0.0313. The number of aliphatic hydroxyl groups is 1. The quantitative estimate of drug-likeness (QED) is 0.885. The Morgan fingerprint density at radius 3 is 3.28 bits per heavy atom. The van der Waals surface area contributed by atoms with Crippen LogP contribution in [0.3, 0.4) is 0 Å². The number of fused-ring (bicyclic) bond motifs is 1. The molecule has 18 heavy (non-hydrogen) atoms. The molecule has 1 atom stereocenters. The van der Waals surface area contributed by atoms with Gasteiger partial charge in [0.1, 0.15) is 11.5 Å². The maximum absolute atomic E-state index is 9.21. The Bertz CT molecular complexity index is 494. The van der Waals surface area contributed by atoms with Gasteiger partial charge in [-0.2, -0.15) is 0 Å². The molecule has 0 aliphatic heterocycles. The summed E-state index contributed by atoms with van der Waals surface area (Å²) in [5.74, 6) is 0.952. The van der Waals surface area contributed by atoms with E-state index in [1.165, 1.54) is 4.88 Å². The molecule has 0 amide bonds. The summed E-state index contributed by atoms with van der Waals surface area (Å²) < 4.78 is 5.24. The number of aliphatic hydroxyl groups excluding tert-OH is 1. The van der Waals surface area contributed by atoms with Crippen molar-refractivity contribution in [3.05, 3.63) is 39.4 Å². The molecule has 2 aromatic rings. The molecule has 5 heteroatoms. The summed E-state index contributed by atoms with van der Waals surface area (Å²) in [7, 11) is 0. The molecule has 1 aliphatic carbocycles. The first-order chi connectivity index (χ1) is 8.86. The third kappa shape index (κ3) is 2.34. The molecule has 2 N–H and O–H groups in total. The summed E-state index contributed by atoms with van der Waals surface area (Å²) >= 11 is 1.77. The molecular weight excluding hydrogens is 248 g/mol. The summed E-state index contributed by atoms with van der Waals surface area (Å²) in [6.45, 7) is 0.883. The van der Waals surface area contributed by atoms with Gasteiger partial charge >= 0.3 is 0 Å². The Morgan fingerprint density at radius 2 is 2.50 bits per heavy atom. The van der Waals surface area contributed by atoms with E-state index in [0.29, 0.717) is 11.7 Å². The van der Waals surface area contributed by atoms with Gasteiger partial charge in [-0.1, -0.05) is 11.2 Å². The lowest BCUT2D eigenvalue weighted by Gasteiger charge is -2.22. The molecule has 3 rings (SSSR count). The molecule has 0 aromatic carbocycles. The second-order valence-electron chi connectivity index (χ2n) is 4.59. The minimum Gasteiger partial charge on any atom is -0.390 e. The van der Waals surface area contributed by atoms with Gasteiger partial charge in [-0.3, -0.25) is 0 Å². The van der Waals surface area contributed by atoms with E-state index in [-0.39, 0.29) is 6.61 Å². The van der Waals surface area contributed by atoms with E-state index in [9.17, 15) is 5.11 Å². The van der Waals surface area contributed by atoms with Crippen LogP contribution in [-0.2, 0) is 26.0 Å². The van der Waals surface area contributed by atoms with E-state index in [1.807, 2.05) is 0 Å². The van der Waals surface area contributed by atoms with Crippen molar-refractivity contribution in [2.75, 3.05) is 0 Å². The molecule has 96 valence electrons. The number of thiophene rings is 1. The van der Waals surface area contributed by atoms with Gasteiger partial charge < -0.3 is 14.9 Å². The second-order valence-corrected chi connectivity index (χ2v) is 5.62. The van der Waals surface area contributed by atoms with E-state index >= 15 is 0 Å². The molecule has 0 radical (unpaired) electrons. The smallest absolute Gasteiger partial charge is 0.140 e. The van der Waals surface area contributed by atoms with Crippen molar-refractivity contribution in [2.45, 2.75) is 38.5 Å². The van der Waals surface area contributed by atoms with Crippen LogP contribution in [0.25, 0.3) is 0 Å². The predicted molar refractivity (Wildman–Crippen MR) is 69.4 cm³/mol. The van der Waals surface area contributed by atoms with Gasteiger partial charge in [-0.15, -0.1) is 11.3 Å². The maximum atomic E-state index is 9.21. The van der Waals surface area contributed by atoms with E-state index in [1.54, 1.807) is 11.3 Å². The van der Waals surface area contributed by atoms with Crippen LogP contribution in [0.4, 0.5) is 0 Å². The van der Waals surface area contributed by atoms with Crippen LogP contribution >= 0.6 is 11.3 Å². The number of aromatic nitrogens is 1. The Hall–Kier alpha value is -1.17. The fourth-order valence-electron chi connectivity index (χ4n) is 2.42. The fraction of sp³-hybridized carbons (Fsp3) is 0.462. The van der Waals surface area contributed by atoms with E-state index in [2.05, 4.69) is 28.0 Å². The summed E-state index contributed by atoms with van der Waals surface area (Å²) in [5, 5.41) is 18.8. The first-order valence-corrected chi connectivity index (χ1v) is 7.07. The maximum Gasteiger partial charge on any atom is 0.140 e. The SMILES string of the molecule is OCc1noc2c1CC(NCc1cccs1)CC2. The lowest BCUT2D eigenvalue weighted by Crippen LogP contribution is -2.33. The lowest BCUT2D eigenvalue weighted by molar-refractivity contribution is 0.265. The van der Waals surface area contributed by atoms with Crippen LogP contribution in [0.1, 0.15) is 28.3 Å². The van der Waals surface area contributed by atoms with Crippen molar-refractivity contribution in [1.29, 1.82) is 0 Å². The third-order valence-corrected chi connectivity index (χ3v) is 4.29. The summed E-state index contributed by atoms with van der Waals surface area (Å²) in [4.78, 5) is 1.36. The van der Waals surface area contributed by atoms with Crippen LogP contribution in [0, 0.1) is 0 Å². The van der Waals surface area contributed by atoms with E-state index in [0.717, 1.165) is 37.1 Å². The highest BCUT2D eigenvalue weighted by Crippen LogP contribution is 2.25. The van der Waals surface area contributed by atoms with E-state index in [4.69, 9.17) is 4.52 Å². The number of nitrogens with zero attached hydrogens (tertiary/aromatic N) is 1. The predicted octanol–water partition coefficient (Wildman–Crippen LogP) is 1.88. The lowest BCUT2D eigenvalue weighted by atomic mass is 9.92. The van der Waals surface area contributed by atoms with Crippen LogP contribution in [0.2, 0.25) is 0 Å². The fourth-order valence-corrected chi connectivity index (χ4v) is 3.08. The normalized spacial score (nSPS) is 18.8. The average Bonchev–Trinajstić information content (AvgIpc) is 3.05. The van der Waals surface area contributed by atoms with Crippen LogP contribution in [-0.4, -0.2) is 16.3 Å². The number of hydrogen-bond donors (Lipinski definition) is 2. The van der Waals surface area contributed by atoms with Crippen molar-refractivity contribution in [2.24, 2.45) is 0 Å². The largest absolute Gasteiger partial charge is 0.390 e. The van der Waals surface area contributed by atoms with Crippen LogP contribution in [0.5, 0.6) is 0 Å². The van der Waals surface area contributed by atoms with E-state index < -0.39 is 0 Å². The van der Waals surface area contributed by atoms with Gasteiger partial charge in [0.25, 0.3) is 0 Å². The second kappa shape index (κ2) is 5.22. The highest BCUT2D eigenvalue weighted by atomic mass is 32.1. The first kappa shape index (κ1) is 11.9. The van der Waals surface area contributed by atoms with Crippen molar-refractivity contribution in [3.8, 4) is 0 Å². The molecule has 0 bridgehead atoms. The number of hydrogen-bond acceptors (Lipinski definition) is 5. The standard InChI is InChI=1S/C13H16N2O2S/c16-8-12-11-6-9(3-4-13(11)17-15-12)14-7-10-2-1-5-18-10/h1-2,5,9,14,16H,3-4,6-8H2. The number of nitrogens with one attached hydrogen (secondary N) is 1. The zero-order valence-electron chi connectivity index (χ0n) is 10.1. The van der Waals surface area contributed by atoms with Crippen LogP contribution in [0.15, 0.2) is 22.0 Å². The van der Waals surface area contributed by atoms with Crippen LogP contribution < -0.4 is 5.32 Å². The molecule has 2 aromatic heterocycles. The van der Waals surface area contributed by atoms with Gasteiger partial charge in [-0.05, 0) is 24.3 Å². The topological polar surface area (TPSA) is 58.3 Å². The molecule has 2 heterocycles. The Kier molecular flexibility index (Phi) is 3.45. The number of rotatable bonds is 4. The number of aryl methyl sites for hydroxylation is 1. The third-order valence-electron chi connectivity index (χ3n) is 3.42. The molecule has 4 nitrogen and oxygen atoms in total. The Balaban J connectivity index is 1.63. The molecule has 1 aliphatic rings. The zero-order valence-corrected chi connectivity index (χ0v) is 10.9. The summed E-state index contributed by atoms with van der Waals surface area (Å²) in [6.07, 6.45) is 2.88. The molecule has 1 unspecified atom stereocenters. The van der Waals surface area contributed by atoms with Gasteiger partial charge in [0.15, 0.2) is 0 Å². The van der Waals surface area contributed by atoms with Crippen molar-refractivity contribution in [1.82, 2.24) is 10.5 Å². The Labute approximate surface area is 110 Å². The monoisotopic (exact) mass is 264 g/mol. The summed E-state index contributed by atoms with van der Waals surface area (Å²) in [5.41, 5.74) is 1.81. The molecule has 0 spiro atoms.